The molecule has 408 valence electrons. The number of ether oxygens (including phenoxy) is 3. The van der Waals surface area contributed by atoms with Crippen LogP contribution in [-0.4, -0.2) is 66.5 Å². The summed E-state index contributed by atoms with van der Waals surface area (Å²) in [5.74, 6) is -1.50. The molecule has 0 radical (unpaired) electrons. The Morgan fingerprint density at radius 2 is 0.743 bits per heavy atom. The second kappa shape index (κ2) is 52.8. The van der Waals surface area contributed by atoms with Gasteiger partial charge in [-0.2, -0.15) is 0 Å². The van der Waals surface area contributed by atoms with Gasteiger partial charge in [0, 0.05) is 19.3 Å². The Bertz CT molecular complexity index is 1360. The summed E-state index contributed by atoms with van der Waals surface area (Å²) in [5, 5.41) is 9.81. The number of allylic oxidation sites excluding steroid dienone is 8. The summed E-state index contributed by atoms with van der Waals surface area (Å²) in [6.45, 7) is 4.51. The van der Waals surface area contributed by atoms with E-state index < -0.39 is 57.8 Å². The van der Waals surface area contributed by atoms with Crippen molar-refractivity contribution < 1.29 is 52.2 Å². The number of carbonyl (C=O) groups is 3. The van der Waals surface area contributed by atoms with E-state index in [0.717, 1.165) is 96.3 Å². The molecule has 0 aliphatic heterocycles. The van der Waals surface area contributed by atoms with E-state index in [1.807, 2.05) is 0 Å². The van der Waals surface area contributed by atoms with E-state index in [4.69, 9.17) is 23.3 Å². The Labute approximate surface area is 428 Å². The van der Waals surface area contributed by atoms with Gasteiger partial charge in [-0.25, -0.2) is 4.57 Å². The Morgan fingerprint density at radius 3 is 1.17 bits per heavy atom. The molecule has 12 heteroatoms. The number of unbranched alkanes of at least 4 members (excludes halogenated alkanes) is 28. The van der Waals surface area contributed by atoms with Crippen molar-refractivity contribution in [1.82, 2.24) is 0 Å². The van der Waals surface area contributed by atoms with Gasteiger partial charge in [0.2, 0.25) is 0 Å². The number of hydrogen-bond acceptors (Lipinski definition) is 10. The van der Waals surface area contributed by atoms with Crippen molar-refractivity contribution >= 4 is 25.7 Å². The summed E-state index contributed by atoms with van der Waals surface area (Å²) in [7, 11) is -4.75. The smallest absolute Gasteiger partial charge is 0.462 e. The van der Waals surface area contributed by atoms with Gasteiger partial charge in [-0.05, 0) is 77.0 Å². The third-order valence-electron chi connectivity index (χ3n) is 12.2. The van der Waals surface area contributed by atoms with Gasteiger partial charge in [0.25, 0.3) is 0 Å². The maximum absolute atomic E-state index is 12.9. The second-order valence-corrected chi connectivity index (χ2v) is 20.5. The van der Waals surface area contributed by atoms with E-state index in [-0.39, 0.29) is 25.9 Å². The fourth-order valence-corrected chi connectivity index (χ4v) is 8.68. The van der Waals surface area contributed by atoms with Crippen LogP contribution in [0.1, 0.15) is 265 Å². The fraction of sp³-hybridized carbons (Fsp3) is 0.810. The first-order chi connectivity index (χ1) is 34.2. The number of rotatable bonds is 53. The highest BCUT2D eigenvalue weighted by Crippen LogP contribution is 2.43. The predicted molar refractivity (Wildman–Crippen MR) is 289 cm³/mol. The predicted octanol–water partition coefficient (Wildman–Crippen LogP) is 16.6. The maximum atomic E-state index is 12.9. The first-order valence-corrected chi connectivity index (χ1v) is 30.0. The number of phosphoric ester groups is 1. The Kier molecular flexibility index (Phi) is 50.8. The lowest BCUT2D eigenvalue weighted by molar-refractivity contribution is -0.161. The average molecular weight is 1010 g/mol. The zero-order valence-electron chi connectivity index (χ0n) is 45.0. The van der Waals surface area contributed by atoms with Gasteiger partial charge in [-0.15, -0.1) is 0 Å². The molecule has 3 unspecified atom stereocenters. The molecular weight excluding hydrogens is 904 g/mol. The number of carbonyl (C=O) groups excluding carboxylic acids is 3. The molecule has 0 amide bonds. The molecule has 0 bridgehead atoms. The van der Waals surface area contributed by atoms with Crippen LogP contribution in [0.25, 0.3) is 0 Å². The Morgan fingerprint density at radius 1 is 0.414 bits per heavy atom. The topological polar surface area (TPSA) is 155 Å². The van der Waals surface area contributed by atoms with E-state index in [2.05, 4.69) is 69.4 Å². The monoisotopic (exact) mass is 1010 g/mol. The zero-order valence-corrected chi connectivity index (χ0v) is 45.9. The van der Waals surface area contributed by atoms with Crippen molar-refractivity contribution in [1.29, 1.82) is 0 Å². The molecule has 0 aromatic heterocycles. The van der Waals surface area contributed by atoms with Crippen molar-refractivity contribution in [3.8, 4) is 0 Å². The van der Waals surface area contributed by atoms with Crippen molar-refractivity contribution in [2.75, 3.05) is 26.4 Å². The van der Waals surface area contributed by atoms with Crippen LogP contribution >= 0.6 is 7.82 Å². The van der Waals surface area contributed by atoms with Gasteiger partial charge in [0.05, 0.1) is 19.8 Å². The molecule has 0 spiro atoms. The standard InChI is InChI=1S/C58H105O11P/c1-4-7-10-13-16-19-22-25-27-30-33-36-39-42-45-48-57(61)68-54(50-59)52-66-70(63,64)67-53-55(51-65-56(60)47-44-41-38-35-32-29-24-21-18-15-12-9-6-3)69-58(62)49-46-43-40-37-34-31-28-26-23-20-17-14-11-8-5-2/h9,12,18,21,26,28-29,32,54-55,59H,4-8,10-11,13-17,19-20,22-25,27,30-31,33-53H2,1-3H3,(H,63,64)/b12-9-,21-18-,28-26-,32-29-. The van der Waals surface area contributed by atoms with Gasteiger partial charge >= 0.3 is 25.7 Å². The van der Waals surface area contributed by atoms with Crippen molar-refractivity contribution in [2.45, 2.75) is 277 Å². The van der Waals surface area contributed by atoms with Crippen LogP contribution in [0.15, 0.2) is 48.6 Å². The minimum absolute atomic E-state index is 0.153. The van der Waals surface area contributed by atoms with Crippen LogP contribution in [0, 0.1) is 0 Å². The van der Waals surface area contributed by atoms with Crippen LogP contribution in [0.3, 0.4) is 0 Å². The number of aliphatic hydroxyl groups excluding tert-OH is 1. The van der Waals surface area contributed by atoms with E-state index in [1.54, 1.807) is 0 Å². The first-order valence-electron chi connectivity index (χ1n) is 28.5. The molecule has 0 saturated carbocycles. The van der Waals surface area contributed by atoms with E-state index in [1.165, 1.54) is 109 Å². The quantitative estimate of drug-likeness (QED) is 0.0197. The molecule has 11 nitrogen and oxygen atoms in total. The highest BCUT2D eigenvalue weighted by molar-refractivity contribution is 7.47. The molecule has 0 fully saturated rings. The summed E-state index contributed by atoms with van der Waals surface area (Å²) in [5.41, 5.74) is 0. The molecule has 0 rings (SSSR count). The minimum atomic E-state index is -4.75. The highest BCUT2D eigenvalue weighted by Gasteiger charge is 2.28. The third-order valence-corrected chi connectivity index (χ3v) is 13.2. The van der Waals surface area contributed by atoms with Gasteiger partial charge in [0.1, 0.15) is 12.7 Å². The first kappa shape index (κ1) is 67.4. The highest BCUT2D eigenvalue weighted by atomic mass is 31.2. The number of hydrogen-bond donors (Lipinski definition) is 2. The van der Waals surface area contributed by atoms with Crippen LogP contribution in [0.2, 0.25) is 0 Å². The molecule has 0 aromatic rings. The second-order valence-electron chi connectivity index (χ2n) is 19.1. The van der Waals surface area contributed by atoms with E-state index >= 15 is 0 Å². The maximum Gasteiger partial charge on any atom is 0.472 e. The molecule has 0 heterocycles. The fourth-order valence-electron chi connectivity index (χ4n) is 7.90. The summed E-state index contributed by atoms with van der Waals surface area (Å²) in [4.78, 5) is 48.5. The summed E-state index contributed by atoms with van der Waals surface area (Å²) in [6.07, 6.45) is 55.0. The van der Waals surface area contributed by atoms with E-state index in [9.17, 15) is 28.9 Å². The van der Waals surface area contributed by atoms with Crippen molar-refractivity contribution in [3.63, 3.8) is 0 Å². The summed E-state index contributed by atoms with van der Waals surface area (Å²) in [6, 6.07) is 0. The van der Waals surface area contributed by atoms with Crippen LogP contribution in [0.5, 0.6) is 0 Å². The molecule has 2 N–H and O–H groups in total. The molecule has 3 atom stereocenters. The molecule has 0 saturated heterocycles. The molecule has 70 heavy (non-hydrogen) atoms. The Balaban J connectivity index is 4.72. The molecule has 0 aliphatic rings. The van der Waals surface area contributed by atoms with Crippen LogP contribution < -0.4 is 0 Å². The minimum Gasteiger partial charge on any atom is -0.462 e. The molecular formula is C58H105O11P. The summed E-state index contributed by atoms with van der Waals surface area (Å²) < 4.78 is 39.5. The lowest BCUT2D eigenvalue weighted by Crippen LogP contribution is -2.30. The van der Waals surface area contributed by atoms with Crippen molar-refractivity contribution in [2.24, 2.45) is 0 Å². The molecule has 0 aliphatic carbocycles. The summed E-state index contributed by atoms with van der Waals surface area (Å²) >= 11 is 0. The van der Waals surface area contributed by atoms with Crippen LogP contribution in [0.4, 0.5) is 0 Å². The largest absolute Gasteiger partial charge is 0.472 e. The Hall–Kier alpha value is -2.56. The number of aliphatic hydroxyl groups is 1. The normalized spacial score (nSPS) is 13.7. The zero-order chi connectivity index (χ0) is 51.3. The third kappa shape index (κ3) is 50.4. The molecule has 0 aromatic carbocycles. The lowest BCUT2D eigenvalue weighted by atomic mass is 10.0. The van der Waals surface area contributed by atoms with Crippen LogP contribution in [-0.2, 0) is 42.2 Å². The van der Waals surface area contributed by atoms with Gasteiger partial charge in [0.15, 0.2) is 6.10 Å². The van der Waals surface area contributed by atoms with Gasteiger partial charge in [-0.3, -0.25) is 23.4 Å². The van der Waals surface area contributed by atoms with Gasteiger partial charge in [-0.1, -0.05) is 217 Å². The van der Waals surface area contributed by atoms with E-state index in [0.29, 0.717) is 19.3 Å². The lowest BCUT2D eigenvalue weighted by Gasteiger charge is -2.21. The SMILES string of the molecule is CC/C=C\C/C=C\C/C=C\CCCCCC(=O)OCC(COP(=O)(O)OCC(CO)OC(=O)CCCCCCCCCCCCCCCCC)OC(=O)CCCCCCC/C=C\CCCCCCCC. The average Bonchev–Trinajstić information content (AvgIpc) is 3.35. The van der Waals surface area contributed by atoms with Gasteiger partial charge < -0.3 is 24.2 Å². The number of esters is 3. The van der Waals surface area contributed by atoms with Crippen molar-refractivity contribution in [3.05, 3.63) is 48.6 Å². The number of phosphoric acid groups is 1.